The molecule has 0 N–H and O–H groups in total. The van der Waals surface area contributed by atoms with Crippen molar-refractivity contribution in [3.05, 3.63) is 144 Å². The Bertz CT molecular complexity index is 1650. The molecule has 0 bridgehead atoms. The first kappa shape index (κ1) is 31.8. The SMILES string of the molecule is CC(C)[C@@H](C(=O)OCc1ccccc1)N1CC[C@]2(CCN(C(=O)C3CN3C(c3ccccc3)(c3ccccc3)c3ccccc3)C2)C1=O. The van der Waals surface area contributed by atoms with Crippen LogP contribution in [0.25, 0.3) is 0 Å². The zero-order chi connectivity index (χ0) is 33.3. The molecule has 3 aliphatic rings. The minimum absolute atomic E-state index is 0.0342. The fourth-order valence-electron chi connectivity index (χ4n) is 8.09. The molecule has 4 atom stereocenters. The first-order chi connectivity index (χ1) is 23.3. The van der Waals surface area contributed by atoms with Gasteiger partial charge in [-0.2, -0.15) is 0 Å². The van der Waals surface area contributed by atoms with Gasteiger partial charge in [-0.25, -0.2) is 4.79 Å². The Labute approximate surface area is 283 Å². The second kappa shape index (κ2) is 13.0. The van der Waals surface area contributed by atoms with Crippen LogP contribution >= 0.6 is 0 Å². The summed E-state index contributed by atoms with van der Waals surface area (Å²) in [6, 6.07) is 39.9. The van der Waals surface area contributed by atoms with Crippen LogP contribution in [0.1, 0.15) is 48.9 Å². The number of hydrogen-bond acceptors (Lipinski definition) is 5. The number of nitrogens with zero attached hydrogens (tertiary/aromatic N) is 3. The van der Waals surface area contributed by atoms with Gasteiger partial charge in [-0.3, -0.25) is 14.5 Å². The maximum absolute atomic E-state index is 14.3. The van der Waals surface area contributed by atoms with E-state index in [1.807, 2.05) is 67.3 Å². The van der Waals surface area contributed by atoms with Gasteiger partial charge in [0.15, 0.2) is 0 Å². The van der Waals surface area contributed by atoms with Crippen molar-refractivity contribution in [2.75, 3.05) is 26.2 Å². The summed E-state index contributed by atoms with van der Waals surface area (Å²) >= 11 is 0. The quantitative estimate of drug-likeness (QED) is 0.123. The molecule has 3 fully saturated rings. The van der Waals surface area contributed by atoms with Gasteiger partial charge in [0.25, 0.3) is 0 Å². The summed E-state index contributed by atoms with van der Waals surface area (Å²) in [5.74, 6) is -0.451. The van der Waals surface area contributed by atoms with Crippen LogP contribution in [0.15, 0.2) is 121 Å². The first-order valence-corrected chi connectivity index (χ1v) is 17.1. The van der Waals surface area contributed by atoms with Gasteiger partial charge >= 0.3 is 5.97 Å². The van der Waals surface area contributed by atoms with Crippen molar-refractivity contribution in [3.63, 3.8) is 0 Å². The predicted molar refractivity (Wildman–Crippen MR) is 185 cm³/mol. The molecule has 0 aromatic heterocycles. The van der Waals surface area contributed by atoms with Crippen LogP contribution in [0.2, 0.25) is 0 Å². The smallest absolute Gasteiger partial charge is 0.329 e. The van der Waals surface area contributed by atoms with Gasteiger partial charge in [0, 0.05) is 26.2 Å². The van der Waals surface area contributed by atoms with Gasteiger partial charge in [-0.15, -0.1) is 0 Å². The summed E-state index contributed by atoms with van der Waals surface area (Å²) in [6.45, 7) is 6.09. The number of hydrogen-bond donors (Lipinski definition) is 0. The Kier molecular flexibility index (Phi) is 8.65. The average molecular weight is 642 g/mol. The minimum atomic E-state index is -0.669. The van der Waals surface area contributed by atoms with Crippen LogP contribution in [-0.2, 0) is 31.3 Å². The summed E-state index contributed by atoms with van der Waals surface area (Å²) in [5.41, 5.74) is 2.92. The van der Waals surface area contributed by atoms with Gasteiger partial charge in [0.1, 0.15) is 18.7 Å². The lowest BCUT2D eigenvalue weighted by Gasteiger charge is -2.38. The minimum Gasteiger partial charge on any atom is -0.459 e. The number of rotatable bonds is 10. The second-order valence-corrected chi connectivity index (χ2v) is 13.8. The van der Waals surface area contributed by atoms with Gasteiger partial charge < -0.3 is 14.5 Å². The van der Waals surface area contributed by atoms with E-state index in [0.29, 0.717) is 39.0 Å². The number of esters is 1. The van der Waals surface area contributed by atoms with Gasteiger partial charge in [0.05, 0.1) is 11.0 Å². The Morgan fingerprint density at radius 2 is 1.27 bits per heavy atom. The molecule has 1 spiro atoms. The molecule has 7 nitrogen and oxygen atoms in total. The number of amides is 2. The Morgan fingerprint density at radius 1 is 0.771 bits per heavy atom. The number of ether oxygens (including phenoxy) is 1. The number of carbonyl (C=O) groups excluding carboxylic acids is 3. The summed E-state index contributed by atoms with van der Waals surface area (Å²) in [5, 5.41) is 0. The molecule has 3 aliphatic heterocycles. The van der Waals surface area contributed by atoms with E-state index >= 15 is 0 Å². The molecule has 7 rings (SSSR count). The standard InChI is InChI=1S/C41H43N3O4/c1-30(2)36(38(46)48-28-31-15-7-3-8-16-31)43-26-24-40(39(43)47)23-25-42(29-40)37(45)35-27-44(35)41(32-17-9-4-10-18-32,33-19-11-5-12-20-33)34-21-13-6-14-22-34/h3-22,30,35-36H,23-29H2,1-2H3/t35?,36-,40-,44?/m0/s1. The summed E-state index contributed by atoms with van der Waals surface area (Å²) in [6.07, 6.45) is 1.23. The zero-order valence-electron chi connectivity index (χ0n) is 27.7. The van der Waals surface area contributed by atoms with Crippen molar-refractivity contribution >= 4 is 17.8 Å². The Balaban J connectivity index is 1.10. The summed E-state index contributed by atoms with van der Waals surface area (Å²) < 4.78 is 5.71. The van der Waals surface area contributed by atoms with Gasteiger partial charge in [-0.1, -0.05) is 135 Å². The van der Waals surface area contributed by atoms with Gasteiger partial charge in [-0.05, 0) is 41.0 Å². The molecule has 48 heavy (non-hydrogen) atoms. The molecule has 0 radical (unpaired) electrons. The average Bonchev–Trinajstić information content (AvgIpc) is 3.70. The lowest BCUT2D eigenvalue weighted by atomic mass is 9.76. The third-order valence-electron chi connectivity index (χ3n) is 10.5. The number of likely N-dealkylation sites (tertiary alicyclic amines) is 2. The van der Waals surface area contributed by atoms with E-state index in [0.717, 1.165) is 22.3 Å². The molecular weight excluding hydrogens is 598 g/mol. The topological polar surface area (TPSA) is 69.9 Å². The highest BCUT2D eigenvalue weighted by molar-refractivity contribution is 5.92. The van der Waals surface area contributed by atoms with Crippen molar-refractivity contribution < 1.29 is 19.1 Å². The third-order valence-corrected chi connectivity index (χ3v) is 10.5. The molecule has 2 unspecified atom stereocenters. The lowest BCUT2D eigenvalue weighted by molar-refractivity contribution is -0.158. The van der Waals surface area contributed by atoms with Crippen molar-refractivity contribution in [1.82, 2.24) is 14.7 Å². The molecule has 4 aromatic carbocycles. The normalized spacial score (nSPS) is 22.7. The van der Waals surface area contributed by atoms with E-state index in [4.69, 9.17) is 4.74 Å². The Hall–Kier alpha value is -4.75. The van der Waals surface area contributed by atoms with E-state index in [9.17, 15) is 14.4 Å². The molecule has 3 saturated heterocycles. The maximum Gasteiger partial charge on any atom is 0.329 e. The first-order valence-electron chi connectivity index (χ1n) is 17.1. The molecule has 246 valence electrons. The largest absolute Gasteiger partial charge is 0.459 e. The van der Waals surface area contributed by atoms with Crippen molar-refractivity contribution in [2.24, 2.45) is 11.3 Å². The second-order valence-electron chi connectivity index (χ2n) is 13.8. The molecule has 7 heteroatoms. The van der Waals surface area contributed by atoms with Crippen LogP contribution in [0.3, 0.4) is 0 Å². The monoisotopic (exact) mass is 641 g/mol. The predicted octanol–water partition coefficient (Wildman–Crippen LogP) is 5.88. The van der Waals surface area contributed by atoms with Crippen molar-refractivity contribution in [1.29, 1.82) is 0 Å². The molecule has 3 heterocycles. The maximum atomic E-state index is 14.3. The molecular formula is C41H43N3O4. The number of carbonyl (C=O) groups is 3. The molecule has 0 saturated carbocycles. The highest BCUT2D eigenvalue weighted by Gasteiger charge is 2.60. The van der Waals surface area contributed by atoms with Gasteiger partial charge in [0.2, 0.25) is 11.8 Å². The highest BCUT2D eigenvalue weighted by atomic mass is 16.5. The molecule has 4 aromatic rings. The van der Waals surface area contributed by atoms with Crippen molar-refractivity contribution in [2.45, 2.75) is 50.9 Å². The van der Waals surface area contributed by atoms with Crippen LogP contribution < -0.4 is 0 Å². The summed E-state index contributed by atoms with van der Waals surface area (Å²) in [7, 11) is 0. The van der Waals surface area contributed by atoms with Crippen LogP contribution in [-0.4, -0.2) is 70.7 Å². The molecule has 2 amide bonds. The Morgan fingerprint density at radius 3 is 1.79 bits per heavy atom. The fraction of sp³-hybridized carbons (Fsp3) is 0.341. The van der Waals surface area contributed by atoms with E-state index in [1.165, 1.54) is 0 Å². The van der Waals surface area contributed by atoms with Crippen LogP contribution in [0.5, 0.6) is 0 Å². The van der Waals surface area contributed by atoms with E-state index in [1.54, 1.807) is 4.90 Å². The highest BCUT2D eigenvalue weighted by Crippen LogP contribution is 2.49. The zero-order valence-corrected chi connectivity index (χ0v) is 27.7. The number of benzene rings is 4. The summed E-state index contributed by atoms with van der Waals surface area (Å²) in [4.78, 5) is 47.8. The van der Waals surface area contributed by atoms with E-state index in [-0.39, 0.29) is 36.4 Å². The fourth-order valence-corrected chi connectivity index (χ4v) is 8.09. The van der Waals surface area contributed by atoms with Crippen LogP contribution in [0, 0.1) is 11.3 Å². The lowest BCUT2D eigenvalue weighted by Crippen LogP contribution is -2.49. The molecule has 0 aliphatic carbocycles. The third kappa shape index (κ3) is 5.60. The van der Waals surface area contributed by atoms with Crippen LogP contribution in [0.4, 0.5) is 0 Å². The van der Waals surface area contributed by atoms with E-state index in [2.05, 4.69) is 77.7 Å². The van der Waals surface area contributed by atoms with E-state index < -0.39 is 17.0 Å². The van der Waals surface area contributed by atoms with Crippen molar-refractivity contribution in [3.8, 4) is 0 Å².